The zero-order valence-electron chi connectivity index (χ0n) is 19.0. The molecule has 0 aliphatic carbocycles. The Morgan fingerprint density at radius 1 is 1.27 bits per heavy atom. The summed E-state index contributed by atoms with van der Waals surface area (Å²) in [5.41, 5.74) is 1.75. The molecule has 2 fully saturated rings. The molecular formula is C26H30ClNO5. The predicted octanol–water partition coefficient (Wildman–Crippen LogP) is 4.94. The molecule has 6 nitrogen and oxygen atoms in total. The number of rotatable bonds is 5. The maximum Gasteiger partial charge on any atom is 0.341 e. The summed E-state index contributed by atoms with van der Waals surface area (Å²) < 4.78 is 18.6. The SMILES string of the molecule is CC1(C)Oc2ccc(Cl)cc2[C@@H]2O[C@@H]3CCN(Cc4ccccc4OCC(=O)O)C[C@@H]3C[C@H]21. The van der Waals surface area contributed by atoms with Crippen LogP contribution in [0.15, 0.2) is 42.5 Å². The van der Waals surface area contributed by atoms with Crippen molar-refractivity contribution in [1.29, 1.82) is 0 Å². The van der Waals surface area contributed by atoms with Crippen molar-refractivity contribution < 1.29 is 24.1 Å². The molecule has 0 spiro atoms. The van der Waals surface area contributed by atoms with E-state index in [-0.39, 0.29) is 30.3 Å². The molecule has 3 heterocycles. The summed E-state index contributed by atoms with van der Waals surface area (Å²) >= 11 is 6.30. The highest BCUT2D eigenvalue weighted by Gasteiger charge is 2.51. The van der Waals surface area contributed by atoms with Crippen LogP contribution >= 0.6 is 11.6 Å². The number of benzene rings is 2. The summed E-state index contributed by atoms with van der Waals surface area (Å²) in [7, 11) is 0. The first-order valence-electron chi connectivity index (χ1n) is 11.6. The van der Waals surface area contributed by atoms with Crippen molar-refractivity contribution >= 4 is 17.6 Å². The fourth-order valence-electron chi connectivity index (χ4n) is 5.66. The number of carboxylic acid groups (broad SMARTS) is 1. The molecule has 1 N–H and O–H groups in total. The van der Waals surface area contributed by atoms with Crippen LogP contribution in [0.4, 0.5) is 0 Å². The zero-order chi connectivity index (χ0) is 23.2. The Hall–Kier alpha value is -2.28. The second-order valence-corrected chi connectivity index (χ2v) is 10.3. The number of para-hydroxylation sites is 1. The Bertz CT molecular complexity index is 1040. The molecule has 0 aromatic heterocycles. The lowest BCUT2D eigenvalue weighted by molar-refractivity contribution is -0.187. The molecule has 2 saturated heterocycles. The Morgan fingerprint density at radius 2 is 2.09 bits per heavy atom. The molecule has 33 heavy (non-hydrogen) atoms. The van der Waals surface area contributed by atoms with E-state index in [2.05, 4.69) is 18.7 Å². The Labute approximate surface area is 199 Å². The molecule has 4 atom stereocenters. The van der Waals surface area contributed by atoms with Crippen molar-refractivity contribution in [1.82, 2.24) is 4.90 Å². The molecule has 2 aromatic rings. The minimum Gasteiger partial charge on any atom is -0.487 e. The van der Waals surface area contributed by atoms with Gasteiger partial charge in [0.2, 0.25) is 0 Å². The minimum absolute atomic E-state index is 0.000365. The monoisotopic (exact) mass is 471 g/mol. The second-order valence-electron chi connectivity index (χ2n) is 9.90. The summed E-state index contributed by atoms with van der Waals surface area (Å²) in [5, 5.41) is 9.67. The quantitative estimate of drug-likeness (QED) is 0.666. The molecule has 0 amide bonds. The van der Waals surface area contributed by atoms with Crippen molar-refractivity contribution in [2.75, 3.05) is 19.7 Å². The van der Waals surface area contributed by atoms with Gasteiger partial charge in [0.05, 0.1) is 12.2 Å². The van der Waals surface area contributed by atoms with Crippen molar-refractivity contribution in [2.24, 2.45) is 11.8 Å². The highest BCUT2D eigenvalue weighted by molar-refractivity contribution is 6.30. The van der Waals surface area contributed by atoms with E-state index in [9.17, 15) is 4.79 Å². The molecule has 0 bridgehead atoms. The largest absolute Gasteiger partial charge is 0.487 e. The van der Waals surface area contributed by atoms with Crippen LogP contribution in [0.2, 0.25) is 5.02 Å². The Morgan fingerprint density at radius 3 is 2.91 bits per heavy atom. The van der Waals surface area contributed by atoms with E-state index >= 15 is 0 Å². The fourth-order valence-corrected chi connectivity index (χ4v) is 5.84. The van der Waals surface area contributed by atoms with Crippen molar-refractivity contribution in [3.63, 3.8) is 0 Å². The summed E-state index contributed by atoms with van der Waals surface area (Å²) in [4.78, 5) is 13.4. The standard InChI is InChI=1S/C26H30ClNO5/c1-26(2)20-11-17-14-28(13-16-5-3-4-6-21(16)31-15-24(29)30)10-9-22(17)32-25(20)19-12-18(27)7-8-23(19)33-26/h3-8,12,17,20,22,25H,9-11,13-15H2,1-2H3,(H,29,30)/t17-,20+,22+,25-/m0/s1. The van der Waals surface area contributed by atoms with Crippen LogP contribution in [-0.4, -0.2) is 47.4 Å². The fraction of sp³-hybridized carbons (Fsp3) is 0.500. The topological polar surface area (TPSA) is 68.2 Å². The van der Waals surface area contributed by atoms with Gasteiger partial charge >= 0.3 is 5.97 Å². The number of fused-ring (bicyclic) bond motifs is 4. The van der Waals surface area contributed by atoms with Crippen LogP contribution in [0, 0.1) is 11.8 Å². The number of nitrogens with zero attached hydrogens (tertiary/aromatic N) is 1. The predicted molar refractivity (Wildman–Crippen MR) is 125 cm³/mol. The number of halogens is 1. The zero-order valence-corrected chi connectivity index (χ0v) is 19.8. The van der Waals surface area contributed by atoms with Gasteiger partial charge in [0.25, 0.3) is 0 Å². The van der Waals surface area contributed by atoms with E-state index in [1.54, 1.807) is 0 Å². The van der Waals surface area contributed by atoms with Gasteiger partial charge in [-0.15, -0.1) is 0 Å². The molecule has 0 saturated carbocycles. The number of carboxylic acids is 1. The van der Waals surface area contributed by atoms with Crippen LogP contribution in [0.1, 0.15) is 43.9 Å². The normalized spacial score (nSPS) is 28.1. The van der Waals surface area contributed by atoms with Gasteiger partial charge < -0.3 is 19.3 Å². The van der Waals surface area contributed by atoms with Crippen LogP contribution in [-0.2, 0) is 16.1 Å². The van der Waals surface area contributed by atoms with E-state index < -0.39 is 5.97 Å². The van der Waals surface area contributed by atoms with Gasteiger partial charge in [0.15, 0.2) is 6.61 Å². The second kappa shape index (κ2) is 8.82. The number of carbonyl (C=O) groups is 1. The van der Waals surface area contributed by atoms with Gasteiger partial charge in [0.1, 0.15) is 17.1 Å². The number of aliphatic carboxylic acids is 1. The smallest absolute Gasteiger partial charge is 0.341 e. The first kappa shape index (κ1) is 22.5. The highest BCUT2D eigenvalue weighted by Crippen LogP contribution is 2.53. The summed E-state index contributed by atoms with van der Waals surface area (Å²) in [5.74, 6) is 1.20. The van der Waals surface area contributed by atoms with Gasteiger partial charge in [-0.05, 0) is 56.9 Å². The highest BCUT2D eigenvalue weighted by atomic mass is 35.5. The molecular weight excluding hydrogens is 442 g/mol. The van der Waals surface area contributed by atoms with Gasteiger partial charge in [-0.3, -0.25) is 4.90 Å². The molecule has 2 aromatic carbocycles. The molecule has 0 unspecified atom stereocenters. The first-order valence-corrected chi connectivity index (χ1v) is 12.0. The van der Waals surface area contributed by atoms with Crippen molar-refractivity contribution in [3.8, 4) is 11.5 Å². The summed E-state index contributed by atoms with van der Waals surface area (Å²) in [6.07, 6.45) is 2.20. The number of hydrogen-bond acceptors (Lipinski definition) is 5. The van der Waals surface area contributed by atoms with E-state index in [0.717, 1.165) is 49.4 Å². The van der Waals surface area contributed by atoms with Crippen LogP contribution in [0.25, 0.3) is 0 Å². The number of ether oxygens (including phenoxy) is 3. The molecule has 3 aliphatic heterocycles. The van der Waals surface area contributed by atoms with Gasteiger partial charge in [0, 0.05) is 41.7 Å². The van der Waals surface area contributed by atoms with E-state index in [0.29, 0.717) is 16.7 Å². The van der Waals surface area contributed by atoms with E-state index in [4.69, 9.17) is 30.9 Å². The summed E-state index contributed by atoms with van der Waals surface area (Å²) in [6, 6.07) is 13.5. The van der Waals surface area contributed by atoms with E-state index in [1.165, 1.54) is 0 Å². The lowest BCUT2D eigenvalue weighted by Gasteiger charge is -2.53. The van der Waals surface area contributed by atoms with Gasteiger partial charge in [-0.25, -0.2) is 4.79 Å². The average molecular weight is 472 g/mol. The van der Waals surface area contributed by atoms with Gasteiger partial charge in [-0.2, -0.15) is 0 Å². The third-order valence-electron chi connectivity index (χ3n) is 7.25. The van der Waals surface area contributed by atoms with Gasteiger partial charge in [-0.1, -0.05) is 29.8 Å². The Kier molecular flexibility index (Phi) is 6.02. The van der Waals surface area contributed by atoms with Crippen molar-refractivity contribution in [2.45, 2.75) is 51.0 Å². The third kappa shape index (κ3) is 4.57. The molecule has 176 valence electrons. The maximum absolute atomic E-state index is 10.9. The lowest BCUT2D eigenvalue weighted by atomic mass is 9.70. The number of likely N-dealkylation sites (tertiary alicyclic amines) is 1. The van der Waals surface area contributed by atoms with Crippen LogP contribution < -0.4 is 9.47 Å². The third-order valence-corrected chi connectivity index (χ3v) is 7.49. The molecule has 3 aliphatic rings. The van der Waals surface area contributed by atoms with Crippen molar-refractivity contribution in [3.05, 3.63) is 58.6 Å². The molecule has 7 heteroatoms. The Balaban J connectivity index is 1.31. The minimum atomic E-state index is -0.972. The van der Waals surface area contributed by atoms with Crippen LogP contribution in [0.3, 0.4) is 0 Å². The summed E-state index contributed by atoms with van der Waals surface area (Å²) in [6.45, 7) is 6.56. The van der Waals surface area contributed by atoms with Crippen LogP contribution in [0.5, 0.6) is 11.5 Å². The number of piperidine rings is 1. The average Bonchev–Trinajstić information content (AvgIpc) is 2.78. The lowest BCUT2D eigenvalue weighted by Crippen LogP contribution is -2.55. The number of hydrogen-bond donors (Lipinski definition) is 1. The maximum atomic E-state index is 10.9. The first-order chi connectivity index (χ1) is 15.8. The molecule has 5 rings (SSSR count). The molecule has 0 radical (unpaired) electrons. The van der Waals surface area contributed by atoms with E-state index in [1.807, 2.05) is 42.5 Å².